The van der Waals surface area contributed by atoms with Crippen molar-refractivity contribution >= 4 is 34.9 Å². The van der Waals surface area contributed by atoms with Gasteiger partial charge < -0.3 is 0 Å². The van der Waals surface area contributed by atoms with Gasteiger partial charge in [-0.25, -0.2) is 0 Å². The Morgan fingerprint density at radius 1 is 0.696 bits per heavy atom. The van der Waals surface area contributed by atoms with Gasteiger partial charge in [0.1, 0.15) is 0 Å². The van der Waals surface area contributed by atoms with Crippen molar-refractivity contribution in [3.05, 3.63) is 68.8 Å². The fourth-order valence-electron chi connectivity index (χ4n) is 1.43. The maximum absolute atomic E-state index is 10.5. The molecule has 0 radical (unpaired) electrons. The van der Waals surface area contributed by atoms with Gasteiger partial charge in [0.25, 0.3) is 11.4 Å². The van der Waals surface area contributed by atoms with Crippen LogP contribution in [0.15, 0.2) is 67.8 Å². The van der Waals surface area contributed by atoms with Crippen LogP contribution < -0.4 is 0 Å². The molecule has 10 nitrogen and oxygen atoms in total. The van der Waals surface area contributed by atoms with E-state index in [2.05, 4.69) is 19.3 Å². The van der Waals surface area contributed by atoms with Crippen molar-refractivity contribution in [2.45, 2.75) is 0 Å². The Labute approximate surface area is 133 Å². The van der Waals surface area contributed by atoms with Crippen molar-refractivity contribution in [3.8, 4) is 0 Å². The second-order valence-electron chi connectivity index (χ2n) is 3.99. The van der Waals surface area contributed by atoms with E-state index in [0.717, 1.165) is 0 Å². The van der Waals surface area contributed by atoms with Crippen LogP contribution in [0, 0.1) is 20.2 Å². The third-order valence-corrected chi connectivity index (χ3v) is 2.82. The van der Waals surface area contributed by atoms with Crippen LogP contribution in [-0.2, 0) is 0 Å². The number of benzene rings is 2. The molecule has 2 rings (SSSR count). The minimum absolute atomic E-state index is 0.0329. The van der Waals surface area contributed by atoms with Crippen LogP contribution in [-0.4, -0.2) is 9.85 Å². The Balaban J connectivity index is 1.88. The zero-order chi connectivity index (χ0) is 16.7. The number of nitrogens with zero attached hydrogens (tertiary/aromatic N) is 6. The van der Waals surface area contributed by atoms with Crippen molar-refractivity contribution in [1.29, 1.82) is 0 Å². The highest BCUT2D eigenvalue weighted by atomic mass is 32.2. The quantitative estimate of drug-likeness (QED) is 0.319. The molecule has 0 unspecified atom stereocenters. The predicted molar refractivity (Wildman–Crippen MR) is 82.8 cm³/mol. The average Bonchev–Trinajstić information content (AvgIpc) is 2.55. The fraction of sp³-hybridized carbons (Fsp3) is 0. The van der Waals surface area contributed by atoms with Crippen molar-refractivity contribution in [2.24, 2.45) is 19.3 Å². The van der Waals surface area contributed by atoms with Gasteiger partial charge in [-0.05, 0) is 24.3 Å². The normalized spacial score (nSPS) is 11.1. The third kappa shape index (κ3) is 4.93. The summed E-state index contributed by atoms with van der Waals surface area (Å²) in [5.74, 6) is 0. The minimum atomic E-state index is -0.506. The maximum atomic E-state index is 10.5. The molecule has 0 aliphatic rings. The Morgan fingerprint density at radius 2 is 1.04 bits per heavy atom. The van der Waals surface area contributed by atoms with Crippen LogP contribution in [0.1, 0.15) is 0 Å². The number of rotatable bonds is 6. The zero-order valence-electron chi connectivity index (χ0n) is 11.3. The molecule has 2 aromatic rings. The van der Waals surface area contributed by atoms with Crippen molar-refractivity contribution < 1.29 is 9.85 Å². The lowest BCUT2D eigenvalue weighted by Crippen LogP contribution is -1.85. The summed E-state index contributed by atoms with van der Waals surface area (Å²) in [6.07, 6.45) is 0. The molecule has 0 heterocycles. The number of non-ortho nitro benzene ring substituents is 2. The van der Waals surface area contributed by atoms with E-state index in [9.17, 15) is 20.2 Å². The minimum Gasteiger partial charge on any atom is -0.258 e. The van der Waals surface area contributed by atoms with Crippen LogP contribution in [0.5, 0.6) is 0 Å². The molecule has 0 aliphatic carbocycles. The molecule has 0 saturated heterocycles. The second kappa shape index (κ2) is 7.70. The molecule has 23 heavy (non-hydrogen) atoms. The summed E-state index contributed by atoms with van der Waals surface area (Å²) in [6, 6.07) is 11.1. The van der Waals surface area contributed by atoms with Crippen LogP contribution in [0.2, 0.25) is 0 Å². The van der Waals surface area contributed by atoms with Crippen LogP contribution in [0.4, 0.5) is 22.7 Å². The summed E-state index contributed by atoms with van der Waals surface area (Å²) in [5.41, 5.74) is 0.811. The van der Waals surface area contributed by atoms with E-state index in [4.69, 9.17) is 0 Å². The first kappa shape index (κ1) is 16.2. The summed E-state index contributed by atoms with van der Waals surface area (Å²) >= 11 is 0.713. The molecular formula is C12H8N6O4S. The smallest absolute Gasteiger partial charge is 0.258 e. The molecule has 0 spiro atoms. The lowest BCUT2D eigenvalue weighted by Gasteiger charge is -1.92. The molecule has 116 valence electrons. The molecule has 0 fully saturated rings. The molecule has 0 bridgehead atoms. The van der Waals surface area contributed by atoms with Gasteiger partial charge in [0.2, 0.25) is 0 Å². The Kier molecular flexibility index (Phi) is 5.41. The zero-order valence-corrected chi connectivity index (χ0v) is 12.2. The topological polar surface area (TPSA) is 136 Å². The molecule has 0 saturated carbocycles. The van der Waals surface area contributed by atoms with E-state index in [0.29, 0.717) is 23.5 Å². The van der Waals surface area contributed by atoms with Crippen LogP contribution in [0.25, 0.3) is 0 Å². The number of nitro benzene ring substituents is 2. The largest absolute Gasteiger partial charge is 0.269 e. The van der Waals surface area contributed by atoms with E-state index in [1.807, 2.05) is 0 Å². The SMILES string of the molecule is O=[N+]([O-])c1ccc(N=NSN=Nc2ccc([N+](=O)[O-])cc2)cc1. The number of nitro groups is 2. The highest BCUT2D eigenvalue weighted by Gasteiger charge is 2.03. The Hall–Kier alpha value is -3.21. The third-order valence-electron chi connectivity index (χ3n) is 2.51. The van der Waals surface area contributed by atoms with Gasteiger partial charge in [0.05, 0.1) is 21.2 Å². The van der Waals surface area contributed by atoms with Crippen LogP contribution in [0.3, 0.4) is 0 Å². The molecule has 2 aromatic carbocycles. The molecular weight excluding hydrogens is 324 g/mol. The maximum Gasteiger partial charge on any atom is 0.269 e. The first-order chi connectivity index (χ1) is 11.1. The van der Waals surface area contributed by atoms with Gasteiger partial charge in [-0.2, -0.15) is 0 Å². The highest BCUT2D eigenvalue weighted by Crippen LogP contribution is 2.22. The van der Waals surface area contributed by atoms with Gasteiger partial charge in [-0.3, -0.25) is 20.2 Å². The summed E-state index contributed by atoms with van der Waals surface area (Å²) in [7, 11) is 0. The fourth-order valence-corrected chi connectivity index (χ4v) is 1.72. The molecule has 0 aliphatic heterocycles. The molecule has 0 amide bonds. The number of hydrogen-bond donors (Lipinski definition) is 0. The lowest BCUT2D eigenvalue weighted by molar-refractivity contribution is -0.385. The number of hydrogen-bond acceptors (Lipinski definition) is 9. The van der Waals surface area contributed by atoms with Crippen molar-refractivity contribution in [2.75, 3.05) is 0 Å². The van der Waals surface area contributed by atoms with Gasteiger partial charge in [0, 0.05) is 24.3 Å². The molecule has 0 atom stereocenters. The van der Waals surface area contributed by atoms with E-state index in [1.54, 1.807) is 0 Å². The monoisotopic (exact) mass is 332 g/mol. The molecule has 0 N–H and O–H groups in total. The van der Waals surface area contributed by atoms with E-state index < -0.39 is 9.85 Å². The van der Waals surface area contributed by atoms with Gasteiger partial charge in [-0.1, -0.05) is 9.04 Å². The van der Waals surface area contributed by atoms with Crippen molar-refractivity contribution in [1.82, 2.24) is 0 Å². The summed E-state index contributed by atoms with van der Waals surface area (Å²) < 4.78 is 7.36. The van der Waals surface area contributed by atoms with Crippen LogP contribution >= 0.6 is 12.1 Å². The second-order valence-corrected chi connectivity index (χ2v) is 4.48. The Morgan fingerprint density at radius 3 is 1.35 bits per heavy atom. The summed E-state index contributed by atoms with van der Waals surface area (Å²) in [4.78, 5) is 20.0. The summed E-state index contributed by atoms with van der Waals surface area (Å²) in [5, 5.41) is 28.6. The van der Waals surface area contributed by atoms with Gasteiger partial charge in [-0.15, -0.1) is 10.2 Å². The van der Waals surface area contributed by atoms with E-state index >= 15 is 0 Å². The first-order valence-corrected chi connectivity index (χ1v) is 6.76. The lowest BCUT2D eigenvalue weighted by atomic mass is 10.3. The van der Waals surface area contributed by atoms with E-state index in [-0.39, 0.29) is 11.4 Å². The molecule has 0 aromatic heterocycles. The molecule has 11 heteroatoms. The first-order valence-electron chi connectivity index (χ1n) is 6.03. The van der Waals surface area contributed by atoms with Gasteiger partial charge >= 0.3 is 0 Å². The Bertz CT molecular complexity index is 695. The predicted octanol–water partition coefficient (Wildman–Crippen LogP) is 4.93. The highest BCUT2D eigenvalue weighted by molar-refractivity contribution is 7.96. The van der Waals surface area contributed by atoms with Gasteiger partial charge in [0.15, 0.2) is 12.1 Å². The van der Waals surface area contributed by atoms with E-state index in [1.165, 1.54) is 48.5 Å². The average molecular weight is 332 g/mol. The summed E-state index contributed by atoms with van der Waals surface area (Å²) in [6.45, 7) is 0. The standard InChI is InChI=1S/C12H8N6O4S/c19-17(20)11-5-1-9(2-6-11)13-15-23-16-14-10-3-7-12(8-4-10)18(21)22/h1-8H. The van der Waals surface area contributed by atoms with Crippen molar-refractivity contribution in [3.63, 3.8) is 0 Å².